The number of anilines is 3. The molecule has 0 unspecified atom stereocenters. The van der Waals surface area contributed by atoms with Crippen LogP contribution in [0.2, 0.25) is 0 Å². The Hall–Kier alpha value is -7.16. The highest BCUT2D eigenvalue weighted by atomic mass is 16.3. The second-order valence-electron chi connectivity index (χ2n) is 13.7. The van der Waals surface area contributed by atoms with Crippen LogP contribution in [0.15, 0.2) is 217 Å². The van der Waals surface area contributed by atoms with Crippen LogP contribution in [-0.4, -0.2) is 0 Å². The third-order valence-electron chi connectivity index (χ3n) is 10.5. The standard InChI is InChI=1S/C52H35NO/c1-4-15-36(16-5-1)40-22-14-23-43(33-40)53(50-31-28-41(37-17-6-2-7-18-37)34-47(50)38-19-8-3-9-20-38)49-26-13-12-24-44(49)42-29-32-51-48(35-42)46-30-27-39-21-10-11-25-45(39)52(46)54-51/h1-35H. The molecule has 0 amide bonds. The Balaban J connectivity index is 1.21. The summed E-state index contributed by atoms with van der Waals surface area (Å²) in [5.41, 5.74) is 14.4. The van der Waals surface area contributed by atoms with E-state index in [2.05, 4.69) is 217 Å². The molecule has 0 aliphatic heterocycles. The van der Waals surface area contributed by atoms with Gasteiger partial charge >= 0.3 is 0 Å². The monoisotopic (exact) mass is 689 g/mol. The van der Waals surface area contributed by atoms with Crippen molar-refractivity contribution >= 4 is 49.8 Å². The second kappa shape index (κ2) is 13.4. The van der Waals surface area contributed by atoms with Gasteiger partial charge in [-0.3, -0.25) is 0 Å². The molecule has 254 valence electrons. The first-order valence-corrected chi connectivity index (χ1v) is 18.4. The van der Waals surface area contributed by atoms with Gasteiger partial charge in [0.05, 0.1) is 11.4 Å². The van der Waals surface area contributed by atoms with Crippen molar-refractivity contribution in [3.63, 3.8) is 0 Å². The molecule has 1 aromatic heterocycles. The molecule has 0 N–H and O–H groups in total. The lowest BCUT2D eigenvalue weighted by Crippen LogP contribution is -2.12. The van der Waals surface area contributed by atoms with Crippen LogP contribution in [0.3, 0.4) is 0 Å². The van der Waals surface area contributed by atoms with E-state index in [4.69, 9.17) is 4.42 Å². The Morgan fingerprint density at radius 3 is 1.70 bits per heavy atom. The summed E-state index contributed by atoms with van der Waals surface area (Å²) < 4.78 is 6.53. The summed E-state index contributed by atoms with van der Waals surface area (Å²) in [5.74, 6) is 0. The van der Waals surface area contributed by atoms with E-state index in [1.165, 1.54) is 22.1 Å². The minimum absolute atomic E-state index is 0.887. The molecule has 0 fully saturated rings. The van der Waals surface area contributed by atoms with E-state index in [1.807, 2.05) is 0 Å². The Bertz CT molecular complexity index is 2930. The summed E-state index contributed by atoms with van der Waals surface area (Å²) >= 11 is 0. The van der Waals surface area contributed by atoms with E-state index in [1.54, 1.807) is 0 Å². The molecule has 0 saturated heterocycles. The maximum atomic E-state index is 6.53. The fourth-order valence-electron chi connectivity index (χ4n) is 7.84. The van der Waals surface area contributed by atoms with E-state index < -0.39 is 0 Å². The van der Waals surface area contributed by atoms with Gasteiger partial charge in [-0.1, -0.05) is 164 Å². The Morgan fingerprint density at radius 1 is 0.315 bits per heavy atom. The summed E-state index contributed by atoms with van der Waals surface area (Å²) in [4.78, 5) is 2.43. The van der Waals surface area contributed by atoms with E-state index in [9.17, 15) is 0 Å². The minimum Gasteiger partial charge on any atom is -0.455 e. The van der Waals surface area contributed by atoms with Gasteiger partial charge in [0.25, 0.3) is 0 Å². The SMILES string of the molecule is c1ccc(-c2cccc(N(c3ccccc3-c3ccc4oc5c6ccccc6ccc5c4c3)c3ccc(-c4ccccc4)cc3-c3ccccc3)c2)cc1. The van der Waals surface area contributed by atoms with Gasteiger partial charge in [0.1, 0.15) is 11.2 Å². The molecule has 0 aliphatic carbocycles. The number of hydrogen-bond acceptors (Lipinski definition) is 2. The molecule has 10 rings (SSSR count). The number of hydrogen-bond donors (Lipinski definition) is 0. The van der Waals surface area contributed by atoms with Crippen molar-refractivity contribution < 1.29 is 4.42 Å². The highest BCUT2D eigenvalue weighted by Crippen LogP contribution is 2.47. The lowest BCUT2D eigenvalue weighted by molar-refractivity contribution is 0.672. The summed E-state index contributed by atoms with van der Waals surface area (Å²) in [6, 6.07) is 76.0. The predicted octanol–water partition coefficient (Wildman–Crippen LogP) is 14.9. The van der Waals surface area contributed by atoms with Gasteiger partial charge in [-0.2, -0.15) is 0 Å². The van der Waals surface area contributed by atoms with Crippen molar-refractivity contribution in [2.45, 2.75) is 0 Å². The maximum absolute atomic E-state index is 6.53. The van der Waals surface area contributed by atoms with Crippen LogP contribution in [0.4, 0.5) is 17.1 Å². The molecule has 2 heteroatoms. The molecule has 0 saturated carbocycles. The largest absolute Gasteiger partial charge is 0.455 e. The van der Waals surface area contributed by atoms with Crippen molar-refractivity contribution in [2.24, 2.45) is 0 Å². The number of rotatable bonds is 7. The average molecular weight is 690 g/mol. The summed E-state index contributed by atoms with van der Waals surface area (Å²) in [6.45, 7) is 0. The minimum atomic E-state index is 0.887. The number of nitrogens with zero attached hydrogens (tertiary/aromatic N) is 1. The van der Waals surface area contributed by atoms with E-state index in [0.29, 0.717) is 0 Å². The normalized spacial score (nSPS) is 11.3. The Kier molecular flexibility index (Phi) is 7.85. The van der Waals surface area contributed by atoms with Crippen molar-refractivity contribution in [1.29, 1.82) is 0 Å². The summed E-state index contributed by atoms with van der Waals surface area (Å²) in [5, 5.41) is 4.54. The molecule has 0 spiro atoms. The first-order valence-electron chi connectivity index (χ1n) is 18.4. The van der Waals surface area contributed by atoms with E-state index in [0.717, 1.165) is 72.2 Å². The van der Waals surface area contributed by atoms with Crippen molar-refractivity contribution in [3.8, 4) is 44.5 Å². The quantitative estimate of drug-likeness (QED) is 0.166. The molecule has 10 aromatic rings. The zero-order valence-corrected chi connectivity index (χ0v) is 29.6. The van der Waals surface area contributed by atoms with Gasteiger partial charge < -0.3 is 9.32 Å². The zero-order chi connectivity index (χ0) is 35.8. The van der Waals surface area contributed by atoms with Crippen molar-refractivity contribution in [2.75, 3.05) is 4.90 Å². The first kappa shape index (κ1) is 31.6. The average Bonchev–Trinajstić information content (AvgIpc) is 3.64. The van der Waals surface area contributed by atoms with Gasteiger partial charge in [-0.05, 0) is 87.3 Å². The number of para-hydroxylation sites is 1. The van der Waals surface area contributed by atoms with Crippen LogP contribution in [0.25, 0.3) is 77.2 Å². The van der Waals surface area contributed by atoms with Gasteiger partial charge in [-0.25, -0.2) is 0 Å². The number of fused-ring (bicyclic) bond motifs is 5. The van der Waals surface area contributed by atoms with Gasteiger partial charge in [-0.15, -0.1) is 0 Å². The summed E-state index contributed by atoms with van der Waals surface area (Å²) in [6.07, 6.45) is 0. The third-order valence-corrected chi connectivity index (χ3v) is 10.5. The maximum Gasteiger partial charge on any atom is 0.143 e. The van der Waals surface area contributed by atoms with Crippen LogP contribution in [-0.2, 0) is 0 Å². The fourth-order valence-corrected chi connectivity index (χ4v) is 7.84. The molecule has 0 aliphatic rings. The first-order chi connectivity index (χ1) is 26.8. The molecule has 1 heterocycles. The molecule has 9 aromatic carbocycles. The molecule has 2 nitrogen and oxygen atoms in total. The van der Waals surface area contributed by atoms with Crippen LogP contribution in [0, 0.1) is 0 Å². The van der Waals surface area contributed by atoms with Gasteiger partial charge in [0.2, 0.25) is 0 Å². The molecule has 0 atom stereocenters. The number of benzene rings is 9. The lowest BCUT2D eigenvalue weighted by Gasteiger charge is -2.30. The second-order valence-corrected chi connectivity index (χ2v) is 13.7. The van der Waals surface area contributed by atoms with Crippen molar-refractivity contribution in [1.82, 2.24) is 0 Å². The predicted molar refractivity (Wildman–Crippen MR) is 228 cm³/mol. The molecular formula is C52H35NO. The van der Waals surface area contributed by atoms with Crippen LogP contribution < -0.4 is 4.90 Å². The van der Waals surface area contributed by atoms with Crippen LogP contribution in [0.5, 0.6) is 0 Å². The van der Waals surface area contributed by atoms with E-state index >= 15 is 0 Å². The van der Waals surface area contributed by atoms with E-state index in [-0.39, 0.29) is 0 Å². The number of furan rings is 1. The molecule has 0 radical (unpaired) electrons. The Labute approximate surface area is 314 Å². The highest BCUT2D eigenvalue weighted by molar-refractivity contribution is 6.15. The van der Waals surface area contributed by atoms with Crippen LogP contribution >= 0.6 is 0 Å². The third kappa shape index (κ3) is 5.62. The van der Waals surface area contributed by atoms with Crippen LogP contribution in [0.1, 0.15) is 0 Å². The van der Waals surface area contributed by atoms with Crippen molar-refractivity contribution in [3.05, 3.63) is 212 Å². The zero-order valence-electron chi connectivity index (χ0n) is 29.6. The topological polar surface area (TPSA) is 16.4 Å². The smallest absolute Gasteiger partial charge is 0.143 e. The molecule has 0 bridgehead atoms. The lowest BCUT2D eigenvalue weighted by atomic mass is 9.94. The summed E-state index contributed by atoms with van der Waals surface area (Å²) in [7, 11) is 0. The molecule has 54 heavy (non-hydrogen) atoms. The fraction of sp³-hybridized carbons (Fsp3) is 0. The highest BCUT2D eigenvalue weighted by Gasteiger charge is 2.22. The molecular weight excluding hydrogens is 655 g/mol. The van der Waals surface area contributed by atoms with Gasteiger partial charge in [0, 0.05) is 33.0 Å². The van der Waals surface area contributed by atoms with Gasteiger partial charge in [0.15, 0.2) is 0 Å². The Morgan fingerprint density at radius 2 is 0.926 bits per heavy atom.